The zero-order chi connectivity index (χ0) is 13.9. The Kier molecular flexibility index (Phi) is 3.57. The van der Waals surface area contributed by atoms with Gasteiger partial charge in [0.2, 0.25) is 0 Å². The molecule has 1 aliphatic heterocycles. The summed E-state index contributed by atoms with van der Waals surface area (Å²) in [6.07, 6.45) is 2.36. The Labute approximate surface area is 122 Å². The molecular formula is C17H13ClO2. The second-order valence-electron chi connectivity index (χ2n) is 4.73. The van der Waals surface area contributed by atoms with Crippen molar-refractivity contribution in [3.05, 3.63) is 76.8 Å². The number of esters is 1. The third-order valence-corrected chi connectivity index (χ3v) is 3.57. The number of hydrogen-bond donors (Lipinski definition) is 0. The van der Waals surface area contributed by atoms with E-state index in [0.29, 0.717) is 17.2 Å². The number of allylic oxidation sites excluding steroid dienone is 1. The Balaban J connectivity index is 1.95. The molecule has 0 spiro atoms. The topological polar surface area (TPSA) is 26.3 Å². The standard InChI is InChI=1S/C17H13ClO2/c18-15-8-6-12(7-9-15)14-10-16(20-17(19)11-14)13-4-2-1-3-5-13/h1-10,14H,11H2/t14-/m0/s1. The Morgan fingerprint density at radius 3 is 2.40 bits per heavy atom. The van der Waals surface area contributed by atoms with E-state index in [4.69, 9.17) is 16.3 Å². The number of carbonyl (C=O) groups is 1. The zero-order valence-corrected chi connectivity index (χ0v) is 11.5. The minimum Gasteiger partial charge on any atom is -0.426 e. The predicted molar refractivity (Wildman–Crippen MR) is 79.3 cm³/mol. The summed E-state index contributed by atoms with van der Waals surface area (Å²) >= 11 is 5.90. The third kappa shape index (κ3) is 2.75. The van der Waals surface area contributed by atoms with Crippen LogP contribution >= 0.6 is 11.6 Å². The Bertz CT molecular complexity index is 644. The maximum atomic E-state index is 11.8. The van der Waals surface area contributed by atoms with Gasteiger partial charge >= 0.3 is 5.97 Å². The average molecular weight is 285 g/mol. The highest BCUT2D eigenvalue weighted by atomic mass is 35.5. The molecule has 0 saturated carbocycles. The van der Waals surface area contributed by atoms with Crippen LogP contribution in [0.4, 0.5) is 0 Å². The highest BCUT2D eigenvalue weighted by Gasteiger charge is 2.23. The first kappa shape index (κ1) is 12.9. The van der Waals surface area contributed by atoms with E-state index in [0.717, 1.165) is 11.1 Å². The van der Waals surface area contributed by atoms with E-state index in [1.807, 2.05) is 60.7 Å². The van der Waals surface area contributed by atoms with Crippen molar-refractivity contribution < 1.29 is 9.53 Å². The Morgan fingerprint density at radius 2 is 1.70 bits per heavy atom. The molecule has 0 bridgehead atoms. The van der Waals surface area contributed by atoms with Gasteiger partial charge < -0.3 is 4.74 Å². The summed E-state index contributed by atoms with van der Waals surface area (Å²) in [5, 5.41) is 0.694. The summed E-state index contributed by atoms with van der Waals surface area (Å²) in [5.41, 5.74) is 1.99. The third-order valence-electron chi connectivity index (χ3n) is 3.32. The minimum atomic E-state index is -0.202. The van der Waals surface area contributed by atoms with Gasteiger partial charge in [0.1, 0.15) is 5.76 Å². The minimum absolute atomic E-state index is 0.0312. The van der Waals surface area contributed by atoms with E-state index in [2.05, 4.69) is 0 Å². The van der Waals surface area contributed by atoms with Gasteiger partial charge in [0, 0.05) is 16.5 Å². The number of benzene rings is 2. The normalized spacial score (nSPS) is 18.4. The second kappa shape index (κ2) is 5.51. The second-order valence-corrected chi connectivity index (χ2v) is 5.17. The summed E-state index contributed by atoms with van der Waals surface area (Å²) < 4.78 is 5.34. The number of cyclic esters (lactones) is 1. The maximum absolute atomic E-state index is 11.8. The molecule has 2 aromatic carbocycles. The fourth-order valence-electron chi connectivity index (χ4n) is 2.30. The van der Waals surface area contributed by atoms with Crippen LogP contribution in [0.3, 0.4) is 0 Å². The molecule has 2 nitrogen and oxygen atoms in total. The van der Waals surface area contributed by atoms with E-state index < -0.39 is 0 Å². The quantitative estimate of drug-likeness (QED) is 0.764. The van der Waals surface area contributed by atoms with Crippen molar-refractivity contribution in [1.29, 1.82) is 0 Å². The van der Waals surface area contributed by atoms with Crippen molar-refractivity contribution in [2.24, 2.45) is 0 Å². The van der Waals surface area contributed by atoms with Crippen LogP contribution in [-0.4, -0.2) is 5.97 Å². The molecule has 0 saturated heterocycles. The van der Waals surface area contributed by atoms with E-state index in [1.165, 1.54) is 0 Å². The highest BCUT2D eigenvalue weighted by Crippen LogP contribution is 2.32. The number of halogens is 1. The fraction of sp³-hybridized carbons (Fsp3) is 0.118. The average Bonchev–Trinajstić information content (AvgIpc) is 2.48. The summed E-state index contributed by atoms with van der Waals surface area (Å²) in [7, 11) is 0. The lowest BCUT2D eigenvalue weighted by atomic mass is 9.92. The smallest absolute Gasteiger partial charge is 0.312 e. The van der Waals surface area contributed by atoms with E-state index >= 15 is 0 Å². The van der Waals surface area contributed by atoms with Gasteiger partial charge in [0.25, 0.3) is 0 Å². The highest BCUT2D eigenvalue weighted by molar-refractivity contribution is 6.30. The Hall–Kier alpha value is -2.06. The van der Waals surface area contributed by atoms with Gasteiger partial charge in [-0.2, -0.15) is 0 Å². The molecule has 20 heavy (non-hydrogen) atoms. The van der Waals surface area contributed by atoms with Crippen LogP contribution in [0.25, 0.3) is 5.76 Å². The van der Waals surface area contributed by atoms with Gasteiger partial charge in [-0.15, -0.1) is 0 Å². The van der Waals surface area contributed by atoms with Gasteiger partial charge in [0.05, 0.1) is 6.42 Å². The maximum Gasteiger partial charge on any atom is 0.312 e. The molecule has 0 amide bonds. The van der Waals surface area contributed by atoms with Crippen molar-refractivity contribution in [3.63, 3.8) is 0 Å². The van der Waals surface area contributed by atoms with Crippen molar-refractivity contribution in [1.82, 2.24) is 0 Å². The molecule has 1 aliphatic rings. The van der Waals surface area contributed by atoms with Gasteiger partial charge in [-0.3, -0.25) is 4.79 Å². The van der Waals surface area contributed by atoms with Crippen molar-refractivity contribution >= 4 is 23.3 Å². The molecule has 0 aliphatic carbocycles. The molecule has 2 aromatic rings. The van der Waals surface area contributed by atoms with Gasteiger partial charge in [-0.05, 0) is 23.8 Å². The van der Waals surface area contributed by atoms with E-state index in [9.17, 15) is 4.79 Å². The summed E-state index contributed by atoms with van der Waals surface area (Å²) in [6.45, 7) is 0. The van der Waals surface area contributed by atoms with Gasteiger partial charge in [-0.1, -0.05) is 54.1 Å². The first-order valence-electron chi connectivity index (χ1n) is 6.46. The molecule has 0 N–H and O–H groups in total. The Morgan fingerprint density at radius 1 is 1.00 bits per heavy atom. The molecular weight excluding hydrogens is 272 g/mol. The first-order chi connectivity index (χ1) is 9.72. The summed E-state index contributed by atoms with van der Waals surface area (Å²) in [4.78, 5) is 11.8. The zero-order valence-electron chi connectivity index (χ0n) is 10.8. The molecule has 3 rings (SSSR count). The molecule has 100 valence electrons. The van der Waals surface area contributed by atoms with Crippen LogP contribution < -0.4 is 0 Å². The van der Waals surface area contributed by atoms with E-state index in [-0.39, 0.29) is 11.9 Å². The molecule has 0 unspecified atom stereocenters. The van der Waals surface area contributed by atoms with Crippen LogP contribution in [-0.2, 0) is 9.53 Å². The fourth-order valence-corrected chi connectivity index (χ4v) is 2.43. The lowest BCUT2D eigenvalue weighted by Gasteiger charge is -2.21. The number of hydrogen-bond acceptors (Lipinski definition) is 2. The summed E-state index contributed by atoms with van der Waals surface area (Å²) in [6, 6.07) is 17.2. The molecule has 1 atom stereocenters. The predicted octanol–water partition coefficient (Wildman–Crippen LogP) is 4.41. The van der Waals surface area contributed by atoms with Gasteiger partial charge in [-0.25, -0.2) is 0 Å². The monoisotopic (exact) mass is 284 g/mol. The summed E-state index contributed by atoms with van der Waals surface area (Å²) in [5.74, 6) is 0.455. The molecule has 0 radical (unpaired) electrons. The number of ether oxygens (including phenoxy) is 1. The number of carbonyl (C=O) groups excluding carboxylic acids is 1. The van der Waals surface area contributed by atoms with Crippen molar-refractivity contribution in [3.8, 4) is 0 Å². The van der Waals surface area contributed by atoms with Crippen molar-refractivity contribution in [2.45, 2.75) is 12.3 Å². The number of rotatable bonds is 2. The van der Waals surface area contributed by atoms with Crippen LogP contribution in [0, 0.1) is 0 Å². The molecule has 3 heteroatoms. The van der Waals surface area contributed by atoms with Crippen LogP contribution in [0.15, 0.2) is 60.7 Å². The van der Waals surface area contributed by atoms with Gasteiger partial charge in [0.15, 0.2) is 0 Å². The lowest BCUT2D eigenvalue weighted by molar-refractivity contribution is -0.137. The largest absolute Gasteiger partial charge is 0.426 e. The van der Waals surface area contributed by atoms with Crippen LogP contribution in [0.2, 0.25) is 5.02 Å². The molecule has 0 aromatic heterocycles. The van der Waals surface area contributed by atoms with Crippen molar-refractivity contribution in [2.75, 3.05) is 0 Å². The van der Waals surface area contributed by atoms with Crippen LogP contribution in [0.5, 0.6) is 0 Å². The van der Waals surface area contributed by atoms with E-state index in [1.54, 1.807) is 0 Å². The molecule has 1 heterocycles. The van der Waals surface area contributed by atoms with Crippen LogP contribution in [0.1, 0.15) is 23.5 Å². The molecule has 0 fully saturated rings. The first-order valence-corrected chi connectivity index (χ1v) is 6.83. The SMILES string of the molecule is O=C1C[C@@H](c2ccc(Cl)cc2)C=C(c2ccccc2)O1. The lowest BCUT2D eigenvalue weighted by Crippen LogP contribution is -2.15.